The molecule has 5 nitrogen and oxygen atoms in total. The molecule has 3 rings (SSSR count). The summed E-state index contributed by atoms with van der Waals surface area (Å²) in [4.78, 5) is 25.4. The Morgan fingerprint density at radius 2 is 1.92 bits per heavy atom. The van der Waals surface area contributed by atoms with Crippen LogP contribution in [0.25, 0.3) is 0 Å². The third-order valence-electron chi connectivity index (χ3n) is 4.01. The van der Waals surface area contributed by atoms with Crippen molar-refractivity contribution in [3.8, 4) is 5.75 Å². The Balaban J connectivity index is 1.47. The van der Waals surface area contributed by atoms with E-state index in [9.17, 15) is 9.59 Å². The third-order valence-corrected chi connectivity index (χ3v) is 4.32. The lowest BCUT2D eigenvalue weighted by molar-refractivity contribution is -0.123. The van der Waals surface area contributed by atoms with E-state index in [0.29, 0.717) is 23.7 Å². The van der Waals surface area contributed by atoms with Crippen LogP contribution in [0.5, 0.6) is 5.75 Å². The fourth-order valence-electron chi connectivity index (χ4n) is 2.67. The highest BCUT2D eigenvalue weighted by Crippen LogP contribution is 2.23. The van der Waals surface area contributed by atoms with E-state index >= 15 is 0 Å². The van der Waals surface area contributed by atoms with E-state index in [1.807, 2.05) is 24.3 Å². The lowest BCUT2D eigenvalue weighted by Gasteiger charge is -2.16. The summed E-state index contributed by atoms with van der Waals surface area (Å²) in [7, 11) is 0. The molecule has 0 saturated carbocycles. The number of carbonyl (C=O) groups is 2. The summed E-state index contributed by atoms with van der Waals surface area (Å²) in [5, 5.41) is 3.27. The van der Waals surface area contributed by atoms with Gasteiger partial charge in [-0.15, -0.1) is 0 Å². The molecule has 130 valence electrons. The predicted molar refractivity (Wildman–Crippen MR) is 96.8 cm³/mol. The van der Waals surface area contributed by atoms with Gasteiger partial charge in [0.25, 0.3) is 5.91 Å². The van der Waals surface area contributed by atoms with Crippen molar-refractivity contribution >= 4 is 29.1 Å². The number of anilines is 1. The van der Waals surface area contributed by atoms with Gasteiger partial charge in [-0.25, -0.2) is 0 Å². The number of hydrogen-bond donors (Lipinski definition) is 1. The molecule has 0 aromatic heterocycles. The first-order valence-corrected chi connectivity index (χ1v) is 8.54. The minimum absolute atomic E-state index is 0.0932. The molecule has 1 saturated heterocycles. The molecule has 2 aromatic rings. The number of benzene rings is 2. The second-order valence-electron chi connectivity index (χ2n) is 5.81. The van der Waals surface area contributed by atoms with Gasteiger partial charge in [0.05, 0.1) is 5.02 Å². The Morgan fingerprint density at radius 1 is 1.16 bits per heavy atom. The zero-order chi connectivity index (χ0) is 17.6. The Morgan fingerprint density at radius 3 is 2.60 bits per heavy atom. The van der Waals surface area contributed by atoms with Crippen molar-refractivity contribution in [2.24, 2.45) is 0 Å². The van der Waals surface area contributed by atoms with Gasteiger partial charge in [0.2, 0.25) is 5.91 Å². The average Bonchev–Trinajstić information content (AvgIpc) is 3.06. The molecule has 0 atom stereocenters. The molecule has 1 fully saturated rings. The van der Waals surface area contributed by atoms with Crippen LogP contribution in [0.15, 0.2) is 48.5 Å². The molecule has 2 amide bonds. The Labute approximate surface area is 151 Å². The van der Waals surface area contributed by atoms with Crippen molar-refractivity contribution in [3.05, 3.63) is 59.1 Å². The van der Waals surface area contributed by atoms with Crippen LogP contribution in [0.1, 0.15) is 18.4 Å². The molecular formula is C19H19ClN2O3. The van der Waals surface area contributed by atoms with Crippen LogP contribution in [0.3, 0.4) is 0 Å². The van der Waals surface area contributed by atoms with Crippen LogP contribution in [0.2, 0.25) is 5.02 Å². The summed E-state index contributed by atoms with van der Waals surface area (Å²) in [6.45, 7) is 1.08. The van der Waals surface area contributed by atoms with E-state index in [-0.39, 0.29) is 18.4 Å². The molecule has 0 spiro atoms. The number of rotatable bonds is 6. The van der Waals surface area contributed by atoms with E-state index in [2.05, 4.69) is 5.32 Å². The molecular weight excluding hydrogens is 340 g/mol. The minimum Gasteiger partial charge on any atom is -0.482 e. The maximum Gasteiger partial charge on any atom is 0.258 e. The summed E-state index contributed by atoms with van der Waals surface area (Å²) in [5.41, 5.74) is 1.86. The van der Waals surface area contributed by atoms with Gasteiger partial charge < -0.3 is 15.0 Å². The minimum atomic E-state index is -0.223. The molecule has 1 N–H and O–H groups in total. The van der Waals surface area contributed by atoms with E-state index in [1.54, 1.807) is 29.2 Å². The molecule has 1 heterocycles. The molecule has 1 aliphatic rings. The van der Waals surface area contributed by atoms with Crippen molar-refractivity contribution in [1.82, 2.24) is 5.32 Å². The summed E-state index contributed by atoms with van der Waals surface area (Å²) < 4.78 is 5.40. The number of carbonyl (C=O) groups excluding carboxylic acids is 2. The largest absolute Gasteiger partial charge is 0.482 e. The zero-order valence-electron chi connectivity index (χ0n) is 13.7. The lowest BCUT2D eigenvalue weighted by atomic mass is 10.2. The number of ether oxygens (including phenoxy) is 1. The number of nitrogens with one attached hydrogen (secondary N) is 1. The van der Waals surface area contributed by atoms with Gasteiger partial charge >= 0.3 is 0 Å². The van der Waals surface area contributed by atoms with Crippen LogP contribution in [0.4, 0.5) is 5.69 Å². The second-order valence-corrected chi connectivity index (χ2v) is 6.22. The molecule has 0 bridgehead atoms. The molecule has 0 radical (unpaired) electrons. The molecule has 6 heteroatoms. The van der Waals surface area contributed by atoms with Crippen LogP contribution >= 0.6 is 11.6 Å². The Hall–Kier alpha value is -2.53. The van der Waals surface area contributed by atoms with Gasteiger partial charge in [0, 0.05) is 25.2 Å². The monoisotopic (exact) mass is 358 g/mol. The fourth-order valence-corrected chi connectivity index (χ4v) is 2.86. The predicted octanol–water partition coefficient (Wildman–Crippen LogP) is 3.16. The van der Waals surface area contributed by atoms with E-state index in [4.69, 9.17) is 16.3 Å². The summed E-state index contributed by atoms with van der Waals surface area (Å²) in [6, 6.07) is 14.7. The van der Waals surface area contributed by atoms with Crippen molar-refractivity contribution < 1.29 is 14.3 Å². The van der Waals surface area contributed by atoms with Crippen molar-refractivity contribution in [3.63, 3.8) is 0 Å². The normalized spacial score (nSPS) is 13.8. The van der Waals surface area contributed by atoms with E-state index < -0.39 is 0 Å². The third kappa shape index (κ3) is 4.51. The topological polar surface area (TPSA) is 58.6 Å². The van der Waals surface area contributed by atoms with Crippen LogP contribution in [-0.2, 0) is 16.1 Å². The van der Waals surface area contributed by atoms with Gasteiger partial charge in [-0.2, -0.15) is 0 Å². The maximum absolute atomic E-state index is 11.9. The highest BCUT2D eigenvalue weighted by molar-refractivity contribution is 6.32. The van der Waals surface area contributed by atoms with Gasteiger partial charge in [0.1, 0.15) is 5.75 Å². The standard InChI is InChI=1S/C19H19ClN2O3/c20-16-4-1-2-5-17(16)25-13-18(23)21-12-14-7-9-15(10-8-14)22-11-3-6-19(22)24/h1-2,4-5,7-10H,3,6,11-13H2,(H,21,23). The van der Waals surface area contributed by atoms with E-state index in [1.165, 1.54) is 0 Å². The molecule has 25 heavy (non-hydrogen) atoms. The van der Waals surface area contributed by atoms with Crippen molar-refractivity contribution in [1.29, 1.82) is 0 Å². The summed E-state index contributed by atoms with van der Waals surface area (Å²) in [5.74, 6) is 0.426. The number of amides is 2. The Bertz CT molecular complexity index is 762. The highest BCUT2D eigenvalue weighted by atomic mass is 35.5. The molecule has 0 unspecified atom stereocenters. The molecule has 0 aliphatic carbocycles. The summed E-state index contributed by atoms with van der Waals surface area (Å²) >= 11 is 5.97. The lowest BCUT2D eigenvalue weighted by Crippen LogP contribution is -2.28. The Kier molecular flexibility index (Phi) is 5.56. The van der Waals surface area contributed by atoms with Gasteiger partial charge in [-0.1, -0.05) is 35.9 Å². The maximum atomic E-state index is 11.9. The SMILES string of the molecule is O=C(COc1ccccc1Cl)NCc1ccc(N2CCCC2=O)cc1. The first-order chi connectivity index (χ1) is 12.1. The van der Waals surface area contributed by atoms with Crippen LogP contribution in [0, 0.1) is 0 Å². The first-order valence-electron chi connectivity index (χ1n) is 8.17. The number of hydrogen-bond acceptors (Lipinski definition) is 3. The number of para-hydroxylation sites is 1. The number of nitrogens with zero attached hydrogens (tertiary/aromatic N) is 1. The summed E-state index contributed by atoms with van der Waals surface area (Å²) in [6.07, 6.45) is 1.52. The van der Waals surface area contributed by atoms with Crippen molar-refractivity contribution in [2.75, 3.05) is 18.1 Å². The smallest absolute Gasteiger partial charge is 0.258 e. The average molecular weight is 359 g/mol. The highest BCUT2D eigenvalue weighted by Gasteiger charge is 2.21. The first kappa shape index (κ1) is 17.3. The van der Waals surface area contributed by atoms with Gasteiger partial charge in [-0.05, 0) is 36.2 Å². The van der Waals surface area contributed by atoms with Crippen molar-refractivity contribution in [2.45, 2.75) is 19.4 Å². The zero-order valence-corrected chi connectivity index (χ0v) is 14.5. The van der Waals surface area contributed by atoms with Gasteiger partial charge in [-0.3, -0.25) is 9.59 Å². The quantitative estimate of drug-likeness (QED) is 0.862. The number of halogens is 1. The van der Waals surface area contributed by atoms with Crippen LogP contribution < -0.4 is 15.0 Å². The van der Waals surface area contributed by atoms with E-state index in [0.717, 1.165) is 24.2 Å². The second kappa shape index (κ2) is 8.03. The van der Waals surface area contributed by atoms with Crippen LogP contribution in [-0.4, -0.2) is 25.0 Å². The van der Waals surface area contributed by atoms with Gasteiger partial charge in [0.15, 0.2) is 6.61 Å². The fraction of sp³-hybridized carbons (Fsp3) is 0.263. The molecule has 2 aromatic carbocycles. The molecule has 1 aliphatic heterocycles.